The summed E-state index contributed by atoms with van der Waals surface area (Å²) in [4.78, 5) is 30.9. The number of oxazole rings is 1. The fourth-order valence-corrected chi connectivity index (χ4v) is 2.48. The van der Waals surface area contributed by atoms with Gasteiger partial charge >= 0.3 is 6.18 Å². The topological polar surface area (TPSA) is 75.9 Å². The molecule has 0 N–H and O–H groups in total. The molecule has 10 heteroatoms. The van der Waals surface area contributed by atoms with Gasteiger partial charge < -0.3 is 19.0 Å². The van der Waals surface area contributed by atoms with Gasteiger partial charge in [0.15, 0.2) is 12.3 Å². The number of aromatic nitrogens is 1. The van der Waals surface area contributed by atoms with Crippen LogP contribution in [0.25, 0.3) is 0 Å². The second-order valence-corrected chi connectivity index (χ2v) is 5.98. The van der Waals surface area contributed by atoms with Crippen LogP contribution >= 0.6 is 0 Å². The second kappa shape index (κ2) is 7.29. The molecule has 3 rings (SSSR count). The first-order valence-electron chi connectivity index (χ1n) is 8.02. The largest absolute Gasteiger partial charge is 0.484 e. The van der Waals surface area contributed by atoms with E-state index in [9.17, 15) is 22.8 Å². The highest BCUT2D eigenvalue weighted by Crippen LogP contribution is 2.31. The molecule has 1 aromatic heterocycles. The summed E-state index contributed by atoms with van der Waals surface area (Å²) in [6, 6.07) is 4.41. The summed E-state index contributed by atoms with van der Waals surface area (Å²) in [5, 5.41) is 0. The van der Waals surface area contributed by atoms with Gasteiger partial charge in [-0.3, -0.25) is 9.59 Å². The molecule has 1 fully saturated rings. The first kappa shape index (κ1) is 18.7. The minimum atomic E-state index is -4.47. The summed E-state index contributed by atoms with van der Waals surface area (Å²) in [6.07, 6.45) is -3.34. The van der Waals surface area contributed by atoms with Crippen molar-refractivity contribution in [1.82, 2.24) is 14.8 Å². The summed E-state index contributed by atoms with van der Waals surface area (Å²) in [5.74, 6) is -0.589. The van der Waals surface area contributed by atoms with E-state index in [1.807, 2.05) is 0 Å². The maximum atomic E-state index is 12.7. The van der Waals surface area contributed by atoms with Crippen LogP contribution in [0, 0.1) is 0 Å². The minimum absolute atomic E-state index is 0.000524. The molecule has 1 aliphatic rings. The lowest BCUT2D eigenvalue weighted by Gasteiger charge is -2.31. The summed E-state index contributed by atoms with van der Waals surface area (Å²) >= 11 is 0. The summed E-state index contributed by atoms with van der Waals surface area (Å²) < 4.78 is 48.5. The van der Waals surface area contributed by atoms with Gasteiger partial charge in [0.05, 0.1) is 5.56 Å². The molecule has 0 atom stereocenters. The van der Waals surface area contributed by atoms with Gasteiger partial charge in [0, 0.05) is 20.1 Å². The molecule has 0 unspecified atom stereocenters. The molecule has 7 nitrogen and oxygen atoms in total. The minimum Gasteiger partial charge on any atom is -0.484 e. The van der Waals surface area contributed by atoms with Crippen molar-refractivity contribution in [2.45, 2.75) is 12.8 Å². The number of piperazine rings is 1. The van der Waals surface area contributed by atoms with Crippen LogP contribution in [-0.2, 0) is 17.6 Å². The number of halogens is 3. The van der Waals surface area contributed by atoms with Gasteiger partial charge in [-0.05, 0) is 18.2 Å². The van der Waals surface area contributed by atoms with E-state index in [0.717, 1.165) is 18.4 Å². The Hall–Kier alpha value is -3.04. The molecular formula is C17H16F3N3O4. The number of carbonyl (C=O) groups excluding carboxylic acids is 2. The highest BCUT2D eigenvalue weighted by Gasteiger charge is 2.31. The molecule has 144 valence electrons. The van der Waals surface area contributed by atoms with Crippen LogP contribution in [0.2, 0.25) is 0 Å². The quantitative estimate of drug-likeness (QED) is 0.809. The van der Waals surface area contributed by atoms with E-state index in [-0.39, 0.29) is 36.4 Å². The molecule has 0 spiro atoms. The molecule has 2 aromatic rings. The van der Waals surface area contributed by atoms with Gasteiger partial charge in [0.1, 0.15) is 18.6 Å². The molecular weight excluding hydrogens is 367 g/mol. The Morgan fingerprint density at radius 1 is 1.33 bits per heavy atom. The first-order chi connectivity index (χ1) is 12.7. The van der Waals surface area contributed by atoms with Gasteiger partial charge in [0.25, 0.3) is 5.91 Å². The summed E-state index contributed by atoms with van der Waals surface area (Å²) in [7, 11) is 1.66. The van der Waals surface area contributed by atoms with Gasteiger partial charge in [0.2, 0.25) is 11.8 Å². The fourth-order valence-electron chi connectivity index (χ4n) is 2.48. The zero-order valence-corrected chi connectivity index (χ0v) is 14.3. The lowest BCUT2D eigenvalue weighted by molar-refractivity contribution is -0.137. The van der Waals surface area contributed by atoms with E-state index < -0.39 is 17.6 Å². The Morgan fingerprint density at radius 2 is 2.11 bits per heavy atom. The Morgan fingerprint density at radius 3 is 2.81 bits per heavy atom. The van der Waals surface area contributed by atoms with E-state index in [1.165, 1.54) is 21.9 Å². The molecule has 0 bridgehead atoms. The molecule has 1 aliphatic heterocycles. The van der Waals surface area contributed by atoms with Crippen molar-refractivity contribution in [1.29, 1.82) is 0 Å². The molecule has 0 saturated carbocycles. The third kappa shape index (κ3) is 4.39. The predicted molar refractivity (Wildman–Crippen MR) is 85.8 cm³/mol. The molecule has 1 aromatic carbocycles. The number of carbonyl (C=O) groups is 2. The van der Waals surface area contributed by atoms with Gasteiger partial charge in [-0.2, -0.15) is 13.2 Å². The van der Waals surface area contributed by atoms with Crippen molar-refractivity contribution >= 4 is 11.8 Å². The Balaban J connectivity index is 1.61. The first-order valence-corrected chi connectivity index (χ1v) is 8.02. The second-order valence-electron chi connectivity index (χ2n) is 5.98. The van der Waals surface area contributed by atoms with Crippen molar-refractivity contribution < 1.29 is 31.9 Å². The van der Waals surface area contributed by atoms with Crippen molar-refractivity contribution in [2.24, 2.45) is 0 Å². The molecule has 2 amide bonds. The Kier molecular flexibility index (Phi) is 5.06. The molecule has 27 heavy (non-hydrogen) atoms. The van der Waals surface area contributed by atoms with Crippen molar-refractivity contribution in [2.75, 3.05) is 26.7 Å². The highest BCUT2D eigenvalue weighted by molar-refractivity contribution is 5.95. The van der Waals surface area contributed by atoms with Crippen LogP contribution in [0.5, 0.6) is 5.75 Å². The third-order valence-electron chi connectivity index (χ3n) is 4.04. The number of amides is 2. The van der Waals surface area contributed by atoms with Crippen LogP contribution in [0.4, 0.5) is 13.2 Å². The van der Waals surface area contributed by atoms with Crippen molar-refractivity contribution in [3.63, 3.8) is 0 Å². The number of benzene rings is 1. The van der Waals surface area contributed by atoms with Crippen molar-refractivity contribution in [3.05, 3.63) is 47.7 Å². The number of hydrogen-bond donors (Lipinski definition) is 0. The number of alkyl halides is 3. The Labute approximate surface area is 152 Å². The normalized spacial score (nSPS) is 15.2. The number of ether oxygens (including phenoxy) is 1. The summed E-state index contributed by atoms with van der Waals surface area (Å²) in [5.41, 5.74) is -0.821. The molecule has 0 aliphatic carbocycles. The fraction of sp³-hybridized carbons (Fsp3) is 0.353. The summed E-state index contributed by atoms with van der Waals surface area (Å²) in [6.45, 7) is 0.520. The van der Waals surface area contributed by atoms with Gasteiger partial charge in [-0.1, -0.05) is 6.07 Å². The number of likely N-dealkylation sites (N-methyl/N-ethyl adjacent to an activating group) is 1. The van der Waals surface area contributed by atoms with Crippen LogP contribution in [0.1, 0.15) is 21.9 Å². The average Bonchev–Trinajstić information content (AvgIpc) is 3.10. The van der Waals surface area contributed by atoms with Crippen LogP contribution < -0.4 is 4.74 Å². The molecule has 0 radical (unpaired) electrons. The Bertz CT molecular complexity index is 850. The smallest absolute Gasteiger partial charge is 0.416 e. The van der Waals surface area contributed by atoms with Crippen LogP contribution in [0.15, 0.2) is 34.9 Å². The van der Waals surface area contributed by atoms with Crippen molar-refractivity contribution in [3.8, 4) is 5.75 Å². The number of rotatable bonds is 4. The maximum absolute atomic E-state index is 12.7. The molecule has 2 heterocycles. The lowest BCUT2D eigenvalue weighted by atomic mass is 10.2. The maximum Gasteiger partial charge on any atom is 0.416 e. The van der Waals surface area contributed by atoms with E-state index in [4.69, 9.17) is 9.15 Å². The van der Waals surface area contributed by atoms with Crippen LogP contribution in [0.3, 0.4) is 0 Å². The number of nitrogens with zero attached hydrogens (tertiary/aromatic N) is 3. The predicted octanol–water partition coefficient (Wildman–Crippen LogP) is 2.19. The number of hydrogen-bond acceptors (Lipinski definition) is 5. The SMILES string of the molecule is CN1CCN(C(=O)c2coc(COc3cccc(C(F)(F)F)c3)n2)CC1=O. The standard InChI is InChI=1S/C17H16F3N3O4/c1-22-5-6-23(8-15(22)24)16(25)13-9-27-14(21-13)10-26-12-4-2-3-11(7-12)17(18,19)20/h2-4,7,9H,5-6,8,10H2,1H3. The van der Waals surface area contributed by atoms with Gasteiger partial charge in [-0.25, -0.2) is 4.98 Å². The zero-order chi connectivity index (χ0) is 19.6. The van der Waals surface area contributed by atoms with E-state index in [1.54, 1.807) is 7.05 Å². The van der Waals surface area contributed by atoms with Gasteiger partial charge in [-0.15, -0.1) is 0 Å². The zero-order valence-electron chi connectivity index (χ0n) is 14.3. The van der Waals surface area contributed by atoms with Crippen LogP contribution in [-0.4, -0.2) is 53.3 Å². The lowest BCUT2D eigenvalue weighted by Crippen LogP contribution is -2.50. The van der Waals surface area contributed by atoms with E-state index >= 15 is 0 Å². The molecule has 1 saturated heterocycles. The monoisotopic (exact) mass is 383 g/mol. The highest BCUT2D eigenvalue weighted by atomic mass is 19.4. The third-order valence-corrected chi connectivity index (χ3v) is 4.04. The van der Waals surface area contributed by atoms with E-state index in [0.29, 0.717) is 13.1 Å². The van der Waals surface area contributed by atoms with E-state index in [2.05, 4.69) is 4.98 Å². The average molecular weight is 383 g/mol.